The molecule has 0 bridgehead atoms. The fourth-order valence-corrected chi connectivity index (χ4v) is 3.38. The maximum absolute atomic E-state index is 12.7. The molecule has 0 spiro atoms. The van der Waals surface area contributed by atoms with E-state index in [0.29, 0.717) is 32.1 Å². The van der Waals surface area contributed by atoms with Gasteiger partial charge in [0.1, 0.15) is 0 Å². The Bertz CT molecular complexity index is 411. The minimum atomic E-state index is -4.24. The SMILES string of the molecule is O=C(N[C@@H]1CC[C@H](C(=O)O)C1)C1CCCC(C(F)(F)F)C1. The van der Waals surface area contributed by atoms with Crippen molar-refractivity contribution in [3.05, 3.63) is 0 Å². The quantitative estimate of drug-likeness (QED) is 0.842. The summed E-state index contributed by atoms with van der Waals surface area (Å²) in [5.41, 5.74) is 0. The van der Waals surface area contributed by atoms with Crippen molar-refractivity contribution in [3.8, 4) is 0 Å². The zero-order valence-electron chi connectivity index (χ0n) is 11.7. The zero-order valence-corrected chi connectivity index (χ0v) is 11.7. The summed E-state index contributed by atoms with van der Waals surface area (Å²) in [6.45, 7) is 0. The van der Waals surface area contributed by atoms with Crippen molar-refractivity contribution >= 4 is 11.9 Å². The van der Waals surface area contributed by atoms with Crippen LogP contribution in [0.25, 0.3) is 0 Å². The molecule has 0 heterocycles. The highest BCUT2D eigenvalue weighted by molar-refractivity contribution is 5.79. The lowest BCUT2D eigenvalue weighted by Crippen LogP contribution is -2.41. The number of carboxylic acid groups (broad SMARTS) is 1. The molecule has 2 aliphatic rings. The van der Waals surface area contributed by atoms with Crippen LogP contribution in [0.5, 0.6) is 0 Å². The minimum Gasteiger partial charge on any atom is -0.481 e. The molecule has 0 aliphatic heterocycles. The van der Waals surface area contributed by atoms with E-state index < -0.39 is 29.9 Å². The topological polar surface area (TPSA) is 66.4 Å². The number of amides is 1. The van der Waals surface area contributed by atoms with E-state index in [1.165, 1.54) is 0 Å². The molecule has 21 heavy (non-hydrogen) atoms. The summed E-state index contributed by atoms with van der Waals surface area (Å²) in [7, 11) is 0. The third-order valence-corrected chi connectivity index (χ3v) is 4.64. The predicted molar refractivity (Wildman–Crippen MR) is 68.4 cm³/mol. The van der Waals surface area contributed by atoms with Gasteiger partial charge in [-0.1, -0.05) is 6.42 Å². The largest absolute Gasteiger partial charge is 0.481 e. The minimum absolute atomic E-state index is 0.0950. The summed E-state index contributed by atoms with van der Waals surface area (Å²) in [6, 6.07) is -0.218. The Hall–Kier alpha value is -1.27. The number of hydrogen-bond acceptors (Lipinski definition) is 2. The lowest BCUT2D eigenvalue weighted by molar-refractivity contribution is -0.186. The van der Waals surface area contributed by atoms with Gasteiger partial charge in [-0.25, -0.2) is 0 Å². The van der Waals surface area contributed by atoms with Crippen molar-refractivity contribution in [2.75, 3.05) is 0 Å². The summed E-state index contributed by atoms with van der Waals surface area (Å²) in [6.07, 6.45) is -1.94. The van der Waals surface area contributed by atoms with Crippen LogP contribution in [0.4, 0.5) is 13.2 Å². The Kier molecular flexibility index (Phi) is 4.78. The highest BCUT2D eigenvalue weighted by atomic mass is 19.4. The highest BCUT2D eigenvalue weighted by Crippen LogP contribution is 2.40. The van der Waals surface area contributed by atoms with Crippen LogP contribution < -0.4 is 5.32 Å². The third-order valence-electron chi connectivity index (χ3n) is 4.64. The summed E-state index contributed by atoms with van der Waals surface area (Å²) < 4.78 is 38.2. The maximum Gasteiger partial charge on any atom is 0.391 e. The summed E-state index contributed by atoms with van der Waals surface area (Å²) in [4.78, 5) is 22.9. The van der Waals surface area contributed by atoms with Crippen LogP contribution >= 0.6 is 0 Å². The molecule has 2 unspecified atom stereocenters. The van der Waals surface area contributed by atoms with E-state index in [1.807, 2.05) is 0 Å². The predicted octanol–water partition coefficient (Wildman–Crippen LogP) is 2.72. The lowest BCUT2D eigenvalue weighted by atomic mass is 9.80. The molecular weight excluding hydrogens is 287 g/mol. The number of hydrogen-bond donors (Lipinski definition) is 2. The molecule has 4 atom stereocenters. The molecule has 2 aliphatic carbocycles. The lowest BCUT2D eigenvalue weighted by Gasteiger charge is -2.30. The van der Waals surface area contributed by atoms with E-state index in [4.69, 9.17) is 5.11 Å². The van der Waals surface area contributed by atoms with Crippen LogP contribution in [0.1, 0.15) is 44.9 Å². The molecule has 0 aromatic heterocycles. The van der Waals surface area contributed by atoms with Gasteiger partial charge in [0, 0.05) is 12.0 Å². The van der Waals surface area contributed by atoms with E-state index in [-0.39, 0.29) is 24.8 Å². The van der Waals surface area contributed by atoms with Gasteiger partial charge in [-0.05, 0) is 38.5 Å². The standard InChI is InChI=1S/C14H20F3NO3/c15-14(16,17)10-3-1-2-8(6-10)12(19)18-11-5-4-9(7-11)13(20)21/h8-11H,1-7H2,(H,18,19)(H,20,21)/t8?,9-,10?,11+/m0/s1. The molecule has 0 saturated heterocycles. The monoisotopic (exact) mass is 307 g/mol. The first-order valence-corrected chi connectivity index (χ1v) is 7.37. The van der Waals surface area contributed by atoms with Gasteiger partial charge in [0.2, 0.25) is 5.91 Å². The molecule has 1 amide bonds. The number of carbonyl (C=O) groups is 2. The fraction of sp³-hybridized carbons (Fsp3) is 0.857. The van der Waals surface area contributed by atoms with Crippen molar-refractivity contribution in [3.63, 3.8) is 0 Å². The van der Waals surface area contributed by atoms with Gasteiger partial charge < -0.3 is 10.4 Å². The maximum atomic E-state index is 12.7. The first kappa shape index (κ1) is 16.1. The van der Waals surface area contributed by atoms with Crippen molar-refractivity contribution in [2.24, 2.45) is 17.8 Å². The number of nitrogens with one attached hydrogen (secondary N) is 1. The molecule has 2 N–H and O–H groups in total. The molecule has 120 valence electrons. The van der Waals surface area contributed by atoms with Crippen LogP contribution in [0.15, 0.2) is 0 Å². The Morgan fingerprint density at radius 3 is 2.29 bits per heavy atom. The number of aliphatic carboxylic acids is 1. The fourth-order valence-electron chi connectivity index (χ4n) is 3.38. The number of carbonyl (C=O) groups excluding carboxylic acids is 1. The Labute approximate surface area is 121 Å². The normalized spacial score (nSPS) is 33.7. The number of rotatable bonds is 3. The van der Waals surface area contributed by atoms with Crippen molar-refractivity contribution in [1.82, 2.24) is 5.32 Å². The first-order valence-electron chi connectivity index (χ1n) is 7.37. The zero-order chi connectivity index (χ0) is 15.6. The van der Waals surface area contributed by atoms with Crippen molar-refractivity contribution in [2.45, 2.75) is 57.2 Å². The van der Waals surface area contributed by atoms with Crippen LogP contribution in [0.3, 0.4) is 0 Å². The molecule has 2 saturated carbocycles. The highest BCUT2D eigenvalue weighted by Gasteiger charge is 2.44. The average Bonchev–Trinajstić information content (AvgIpc) is 2.86. The van der Waals surface area contributed by atoms with Gasteiger partial charge in [0.05, 0.1) is 11.8 Å². The smallest absolute Gasteiger partial charge is 0.391 e. The third kappa shape index (κ3) is 4.11. The van der Waals surface area contributed by atoms with E-state index in [0.717, 1.165) is 0 Å². The molecule has 0 aromatic carbocycles. The number of alkyl halides is 3. The molecule has 4 nitrogen and oxygen atoms in total. The first-order chi connectivity index (χ1) is 9.77. The second-order valence-electron chi connectivity index (χ2n) is 6.16. The van der Waals surface area contributed by atoms with E-state index in [1.54, 1.807) is 0 Å². The average molecular weight is 307 g/mol. The second kappa shape index (κ2) is 6.23. The van der Waals surface area contributed by atoms with E-state index in [2.05, 4.69) is 5.32 Å². The van der Waals surface area contributed by atoms with Gasteiger partial charge in [0.15, 0.2) is 0 Å². The summed E-state index contributed by atoms with van der Waals surface area (Å²) in [5, 5.41) is 11.6. The molecule has 2 fully saturated rings. The Morgan fingerprint density at radius 2 is 1.71 bits per heavy atom. The molecule has 7 heteroatoms. The van der Waals surface area contributed by atoms with Gasteiger partial charge in [-0.3, -0.25) is 9.59 Å². The van der Waals surface area contributed by atoms with Gasteiger partial charge in [-0.15, -0.1) is 0 Å². The van der Waals surface area contributed by atoms with E-state index >= 15 is 0 Å². The molecule has 0 aromatic rings. The van der Waals surface area contributed by atoms with E-state index in [9.17, 15) is 22.8 Å². The van der Waals surface area contributed by atoms with Crippen molar-refractivity contribution in [1.29, 1.82) is 0 Å². The van der Waals surface area contributed by atoms with Crippen LogP contribution in [-0.2, 0) is 9.59 Å². The van der Waals surface area contributed by atoms with Gasteiger partial charge >= 0.3 is 12.1 Å². The Balaban J connectivity index is 1.85. The molecule has 2 rings (SSSR count). The molecule has 0 radical (unpaired) electrons. The molecular formula is C14H20F3NO3. The summed E-state index contributed by atoms with van der Waals surface area (Å²) in [5.74, 6) is -3.67. The van der Waals surface area contributed by atoms with Gasteiger partial charge in [-0.2, -0.15) is 13.2 Å². The summed E-state index contributed by atoms with van der Waals surface area (Å²) >= 11 is 0. The van der Waals surface area contributed by atoms with Crippen LogP contribution in [-0.4, -0.2) is 29.2 Å². The van der Waals surface area contributed by atoms with Crippen molar-refractivity contribution < 1.29 is 27.9 Å². The van der Waals surface area contributed by atoms with Crippen LogP contribution in [0, 0.1) is 17.8 Å². The second-order valence-corrected chi connectivity index (χ2v) is 6.16. The number of carboxylic acids is 1. The number of halogens is 3. The van der Waals surface area contributed by atoms with Gasteiger partial charge in [0.25, 0.3) is 0 Å². The Morgan fingerprint density at radius 1 is 1.00 bits per heavy atom. The van der Waals surface area contributed by atoms with Crippen LogP contribution in [0.2, 0.25) is 0 Å².